The molecule has 1 N–H and O–H groups in total. The predicted molar refractivity (Wildman–Crippen MR) is 125 cm³/mol. The van der Waals surface area contributed by atoms with Gasteiger partial charge in [0.05, 0.1) is 21.2 Å². The molecule has 0 aliphatic rings. The van der Waals surface area contributed by atoms with Crippen LogP contribution in [0.15, 0.2) is 70.2 Å². The lowest BCUT2D eigenvalue weighted by Gasteiger charge is -2.11. The van der Waals surface area contributed by atoms with Gasteiger partial charge in [-0.25, -0.2) is 9.82 Å². The van der Waals surface area contributed by atoms with E-state index in [2.05, 4.69) is 10.5 Å². The van der Waals surface area contributed by atoms with Gasteiger partial charge < -0.3 is 9.15 Å². The first-order valence-corrected chi connectivity index (χ1v) is 10.4. The van der Waals surface area contributed by atoms with Crippen LogP contribution in [-0.4, -0.2) is 17.0 Å². The monoisotopic (exact) mass is 501 g/mol. The van der Waals surface area contributed by atoms with Crippen molar-refractivity contribution in [2.75, 3.05) is 0 Å². The maximum Gasteiger partial charge on any atom is 0.307 e. The highest BCUT2D eigenvalue weighted by Gasteiger charge is 2.15. The van der Waals surface area contributed by atoms with E-state index in [-0.39, 0.29) is 33.8 Å². The standard InChI is InChI=1S/C23H14Cl2FN3O5/c24-17-7-13(8-18(25)22(17)33-12-14-3-1-2-4-19(14)26)11-27-28-23(30)21-10-15-9-16(29(31)32)5-6-20(15)34-21/h1-11H,12H2,(H,28,30)/b27-11+. The molecule has 172 valence electrons. The number of hydrogen-bond donors (Lipinski definition) is 1. The zero-order valence-corrected chi connectivity index (χ0v) is 18.6. The van der Waals surface area contributed by atoms with Crippen LogP contribution in [0.2, 0.25) is 10.0 Å². The molecule has 0 aliphatic carbocycles. The number of carbonyl (C=O) groups is 1. The van der Waals surface area contributed by atoms with Gasteiger partial charge in [-0.1, -0.05) is 41.4 Å². The van der Waals surface area contributed by atoms with Gasteiger partial charge in [0, 0.05) is 23.1 Å². The Morgan fingerprint density at radius 1 is 1.15 bits per heavy atom. The second-order valence-electron chi connectivity index (χ2n) is 6.98. The van der Waals surface area contributed by atoms with E-state index in [0.717, 1.165) is 0 Å². The van der Waals surface area contributed by atoms with Crippen molar-refractivity contribution in [3.05, 3.63) is 104 Å². The van der Waals surface area contributed by atoms with Crippen LogP contribution < -0.4 is 10.2 Å². The minimum atomic E-state index is -0.655. The van der Waals surface area contributed by atoms with Crippen molar-refractivity contribution in [1.29, 1.82) is 0 Å². The van der Waals surface area contributed by atoms with E-state index < -0.39 is 16.6 Å². The van der Waals surface area contributed by atoms with Crippen LogP contribution in [0, 0.1) is 15.9 Å². The van der Waals surface area contributed by atoms with Crippen LogP contribution >= 0.6 is 23.2 Å². The Bertz CT molecular complexity index is 1410. The van der Waals surface area contributed by atoms with Gasteiger partial charge in [0.15, 0.2) is 11.5 Å². The SMILES string of the molecule is O=C(N/N=C/c1cc(Cl)c(OCc2ccccc2F)c(Cl)c1)c1cc2cc([N+](=O)[O-])ccc2o1. The van der Waals surface area contributed by atoms with Crippen LogP contribution in [0.3, 0.4) is 0 Å². The number of furan rings is 1. The third-order valence-corrected chi connectivity index (χ3v) is 5.23. The molecule has 3 aromatic carbocycles. The molecule has 0 spiro atoms. The van der Waals surface area contributed by atoms with E-state index in [1.165, 1.54) is 48.7 Å². The quantitative estimate of drug-likeness (QED) is 0.186. The highest BCUT2D eigenvalue weighted by atomic mass is 35.5. The van der Waals surface area contributed by atoms with Crippen molar-refractivity contribution in [2.24, 2.45) is 5.10 Å². The number of nitro groups is 1. The van der Waals surface area contributed by atoms with E-state index in [9.17, 15) is 19.3 Å². The lowest BCUT2D eigenvalue weighted by atomic mass is 10.2. The Morgan fingerprint density at radius 3 is 2.59 bits per heavy atom. The molecular formula is C23H14Cl2FN3O5. The topological polar surface area (TPSA) is 107 Å². The molecule has 4 rings (SSSR count). The van der Waals surface area contributed by atoms with Crippen LogP contribution in [0.5, 0.6) is 5.75 Å². The fourth-order valence-electron chi connectivity index (χ4n) is 3.03. The molecule has 1 amide bonds. The number of nitrogens with one attached hydrogen (secondary N) is 1. The molecule has 0 aliphatic heterocycles. The summed E-state index contributed by atoms with van der Waals surface area (Å²) in [7, 11) is 0. The van der Waals surface area contributed by atoms with Crippen molar-refractivity contribution < 1.29 is 23.3 Å². The van der Waals surface area contributed by atoms with Gasteiger partial charge in [0.25, 0.3) is 5.69 Å². The van der Waals surface area contributed by atoms with Gasteiger partial charge in [-0.05, 0) is 35.9 Å². The number of halogens is 3. The van der Waals surface area contributed by atoms with Gasteiger partial charge in [-0.3, -0.25) is 14.9 Å². The molecule has 0 radical (unpaired) electrons. The zero-order valence-electron chi connectivity index (χ0n) is 17.1. The first-order valence-electron chi connectivity index (χ1n) is 9.68. The number of ether oxygens (including phenoxy) is 1. The van der Waals surface area contributed by atoms with Crippen molar-refractivity contribution in [1.82, 2.24) is 5.43 Å². The smallest absolute Gasteiger partial charge is 0.307 e. The molecule has 1 heterocycles. The summed E-state index contributed by atoms with van der Waals surface area (Å²) in [4.78, 5) is 22.6. The molecule has 34 heavy (non-hydrogen) atoms. The highest BCUT2D eigenvalue weighted by molar-refractivity contribution is 6.37. The van der Waals surface area contributed by atoms with Crippen LogP contribution in [0.25, 0.3) is 11.0 Å². The molecule has 0 bridgehead atoms. The minimum Gasteiger partial charge on any atom is -0.486 e. The molecule has 0 saturated carbocycles. The van der Waals surface area contributed by atoms with E-state index >= 15 is 0 Å². The van der Waals surface area contributed by atoms with Crippen molar-refractivity contribution in [2.45, 2.75) is 6.61 Å². The van der Waals surface area contributed by atoms with Gasteiger partial charge in [0.1, 0.15) is 18.0 Å². The number of carbonyl (C=O) groups excluding carboxylic acids is 1. The molecule has 0 unspecified atom stereocenters. The van der Waals surface area contributed by atoms with Gasteiger partial charge in [-0.15, -0.1) is 0 Å². The van der Waals surface area contributed by atoms with Gasteiger partial charge in [0.2, 0.25) is 0 Å². The predicted octanol–water partition coefficient (Wildman–Crippen LogP) is 6.13. The first-order chi connectivity index (χ1) is 16.3. The number of hydrogen-bond acceptors (Lipinski definition) is 6. The maximum absolute atomic E-state index is 13.8. The van der Waals surface area contributed by atoms with Crippen LogP contribution in [0.1, 0.15) is 21.7 Å². The van der Waals surface area contributed by atoms with Crippen molar-refractivity contribution in [3.63, 3.8) is 0 Å². The fourth-order valence-corrected chi connectivity index (χ4v) is 3.65. The third-order valence-electron chi connectivity index (χ3n) is 4.66. The third kappa shape index (κ3) is 5.16. The summed E-state index contributed by atoms with van der Waals surface area (Å²) in [6, 6.07) is 14.6. The molecule has 0 saturated heterocycles. The zero-order chi connectivity index (χ0) is 24.2. The Balaban J connectivity index is 1.42. The molecule has 4 aromatic rings. The number of rotatable bonds is 7. The number of benzene rings is 3. The Labute approximate surface area is 201 Å². The van der Waals surface area contributed by atoms with Crippen LogP contribution in [-0.2, 0) is 6.61 Å². The number of nitrogens with zero attached hydrogens (tertiary/aromatic N) is 2. The van der Waals surface area contributed by atoms with E-state index in [4.69, 9.17) is 32.4 Å². The maximum atomic E-state index is 13.8. The number of amides is 1. The summed E-state index contributed by atoms with van der Waals surface area (Å²) < 4.78 is 24.7. The average Bonchev–Trinajstić information content (AvgIpc) is 3.23. The van der Waals surface area contributed by atoms with Gasteiger partial charge >= 0.3 is 5.91 Å². The fraction of sp³-hybridized carbons (Fsp3) is 0.0435. The highest BCUT2D eigenvalue weighted by Crippen LogP contribution is 2.34. The average molecular weight is 502 g/mol. The normalized spacial score (nSPS) is 11.1. The van der Waals surface area contributed by atoms with Crippen molar-refractivity contribution in [3.8, 4) is 5.75 Å². The molecule has 1 aromatic heterocycles. The number of hydrazone groups is 1. The lowest BCUT2D eigenvalue weighted by Crippen LogP contribution is -2.16. The second-order valence-corrected chi connectivity index (χ2v) is 7.80. The van der Waals surface area contributed by atoms with E-state index in [1.807, 2.05) is 0 Å². The number of fused-ring (bicyclic) bond motifs is 1. The Hall–Kier alpha value is -3.95. The Kier molecular flexibility index (Phi) is 6.76. The largest absolute Gasteiger partial charge is 0.486 e. The molecular weight excluding hydrogens is 488 g/mol. The molecule has 11 heteroatoms. The summed E-state index contributed by atoms with van der Waals surface area (Å²) in [5.74, 6) is -0.946. The van der Waals surface area contributed by atoms with Gasteiger partial charge in [-0.2, -0.15) is 5.10 Å². The molecule has 0 atom stereocenters. The summed E-state index contributed by atoms with van der Waals surface area (Å²) in [5.41, 5.74) is 3.32. The molecule has 8 nitrogen and oxygen atoms in total. The van der Waals surface area contributed by atoms with Crippen LogP contribution in [0.4, 0.5) is 10.1 Å². The lowest BCUT2D eigenvalue weighted by molar-refractivity contribution is -0.384. The van der Waals surface area contributed by atoms with Crippen molar-refractivity contribution >= 4 is 52.0 Å². The summed E-state index contributed by atoms with van der Waals surface area (Å²) in [6.45, 7) is -0.0593. The number of non-ortho nitro benzene ring substituents is 1. The number of nitro benzene ring substituents is 1. The summed E-state index contributed by atoms with van der Waals surface area (Å²) in [5, 5.41) is 15.5. The summed E-state index contributed by atoms with van der Waals surface area (Å²) in [6.07, 6.45) is 1.31. The second kappa shape index (κ2) is 9.90. The first kappa shape index (κ1) is 23.2. The molecule has 0 fully saturated rings. The Morgan fingerprint density at radius 2 is 1.88 bits per heavy atom. The summed E-state index contributed by atoms with van der Waals surface area (Å²) >= 11 is 12.5. The van der Waals surface area contributed by atoms with E-state index in [1.54, 1.807) is 18.2 Å². The van der Waals surface area contributed by atoms with E-state index in [0.29, 0.717) is 22.1 Å². The minimum absolute atomic E-state index is 0.0593.